The Morgan fingerprint density at radius 3 is 2.26 bits per heavy atom. The molecule has 0 atom stereocenters. The Hall–Kier alpha value is -3.45. The Morgan fingerprint density at radius 1 is 0.971 bits per heavy atom. The van der Waals surface area contributed by atoms with Crippen molar-refractivity contribution in [1.82, 2.24) is 4.90 Å². The number of benzene rings is 3. The number of rotatable bonds is 8. The maximum Gasteiger partial charge on any atom is 0.417 e. The van der Waals surface area contributed by atoms with Crippen LogP contribution in [0.4, 0.5) is 13.2 Å². The first-order chi connectivity index (χ1) is 16.7. The molecule has 3 aromatic carbocycles. The molecule has 0 saturated carbocycles. The third kappa shape index (κ3) is 6.17. The zero-order chi connectivity index (χ0) is 25.0. The number of halogens is 3. The van der Waals surface area contributed by atoms with Gasteiger partial charge in [-0.2, -0.15) is 13.2 Å². The number of carbonyl (C=O) groups is 1. The Labute approximate surface area is 203 Å². The van der Waals surface area contributed by atoms with Gasteiger partial charge < -0.3 is 4.84 Å². The first kappa shape index (κ1) is 24.7. The lowest BCUT2D eigenvalue weighted by Crippen LogP contribution is -2.48. The summed E-state index contributed by atoms with van der Waals surface area (Å²) in [5.74, 6) is 0.396. The van der Waals surface area contributed by atoms with E-state index in [-0.39, 0.29) is 23.9 Å². The van der Waals surface area contributed by atoms with Crippen LogP contribution in [0.3, 0.4) is 0 Å². The quantitative estimate of drug-likeness (QED) is 0.279. The third-order valence-electron chi connectivity index (χ3n) is 6.22. The number of ketones is 1. The first-order valence-electron chi connectivity index (χ1n) is 11.4. The normalized spacial score (nSPS) is 15.1. The molecule has 0 unspecified atom stereocenters. The smallest absolute Gasteiger partial charge is 0.391 e. The van der Waals surface area contributed by atoms with E-state index in [0.717, 1.165) is 36.8 Å². The Balaban J connectivity index is 1.37. The largest absolute Gasteiger partial charge is 0.417 e. The topological polar surface area (TPSA) is 41.9 Å². The van der Waals surface area contributed by atoms with Gasteiger partial charge in [-0.15, -0.1) is 0 Å². The van der Waals surface area contributed by atoms with Gasteiger partial charge in [-0.1, -0.05) is 71.9 Å². The Kier molecular flexibility index (Phi) is 7.36. The Morgan fingerprint density at radius 2 is 1.63 bits per heavy atom. The van der Waals surface area contributed by atoms with Crippen molar-refractivity contribution in [2.24, 2.45) is 11.1 Å². The van der Waals surface area contributed by atoms with Crippen LogP contribution < -0.4 is 0 Å². The molecule has 35 heavy (non-hydrogen) atoms. The predicted octanol–water partition coefficient (Wildman–Crippen LogP) is 6.33. The number of hydrogen-bond donors (Lipinski definition) is 0. The van der Waals surface area contributed by atoms with Gasteiger partial charge >= 0.3 is 6.18 Å². The molecule has 182 valence electrons. The van der Waals surface area contributed by atoms with E-state index in [0.29, 0.717) is 16.8 Å². The zero-order valence-corrected chi connectivity index (χ0v) is 19.7. The third-order valence-corrected chi connectivity index (χ3v) is 6.22. The van der Waals surface area contributed by atoms with Crippen molar-refractivity contribution < 1.29 is 22.8 Å². The van der Waals surface area contributed by atoms with Crippen LogP contribution in [0.25, 0.3) is 11.1 Å². The summed E-state index contributed by atoms with van der Waals surface area (Å²) in [6, 6.07) is 20.6. The molecule has 0 N–H and O–H groups in total. The van der Waals surface area contributed by atoms with Gasteiger partial charge in [0.1, 0.15) is 12.4 Å². The number of hydrogen-bond acceptors (Lipinski definition) is 4. The van der Waals surface area contributed by atoms with Crippen LogP contribution in [0, 0.1) is 5.92 Å². The summed E-state index contributed by atoms with van der Waals surface area (Å²) in [5, 5.41) is 4.10. The van der Waals surface area contributed by atoms with E-state index in [4.69, 9.17) is 4.84 Å². The summed E-state index contributed by atoms with van der Waals surface area (Å²) in [6.07, 6.45) is -4.48. The van der Waals surface area contributed by atoms with Crippen molar-refractivity contribution in [1.29, 1.82) is 0 Å². The standard InChI is InChI=1S/C28H27F3N2O2/c1-19(23-11-8-21(9-12-23)15-33-16-25(17-33)20(2)34)32-35-18-22-10-13-26(24-6-4-3-5-7-24)27(14-22)28(29,30)31/h3-14,25H,15-18H2,1-2H3/b32-19-. The van der Waals surface area contributed by atoms with E-state index in [9.17, 15) is 18.0 Å². The van der Waals surface area contributed by atoms with Gasteiger partial charge in [0.25, 0.3) is 0 Å². The molecule has 0 aromatic heterocycles. The van der Waals surface area contributed by atoms with E-state index in [1.54, 1.807) is 50.2 Å². The van der Waals surface area contributed by atoms with E-state index >= 15 is 0 Å². The van der Waals surface area contributed by atoms with Crippen LogP contribution in [-0.4, -0.2) is 29.5 Å². The maximum atomic E-state index is 13.7. The summed E-state index contributed by atoms with van der Waals surface area (Å²) in [4.78, 5) is 19.0. The van der Waals surface area contributed by atoms with Crippen LogP contribution in [0.1, 0.15) is 36.1 Å². The summed E-state index contributed by atoms with van der Waals surface area (Å²) in [6.45, 7) is 5.75. The molecule has 4 nitrogen and oxygen atoms in total. The van der Waals surface area contributed by atoms with Crippen molar-refractivity contribution in [3.63, 3.8) is 0 Å². The number of alkyl halides is 3. The predicted molar refractivity (Wildman–Crippen MR) is 130 cm³/mol. The van der Waals surface area contributed by atoms with E-state index in [1.165, 1.54) is 6.07 Å². The van der Waals surface area contributed by atoms with E-state index in [1.807, 2.05) is 24.3 Å². The van der Waals surface area contributed by atoms with Crippen LogP contribution in [-0.2, 0) is 29.0 Å². The fraction of sp³-hybridized carbons (Fsp3) is 0.286. The molecule has 1 saturated heterocycles. The first-order valence-corrected chi connectivity index (χ1v) is 11.4. The van der Waals surface area contributed by atoms with Crippen LogP contribution in [0.15, 0.2) is 78.0 Å². The molecule has 0 aliphatic carbocycles. The molecule has 3 aromatic rings. The van der Waals surface area contributed by atoms with Gasteiger partial charge in [0, 0.05) is 25.6 Å². The highest BCUT2D eigenvalue weighted by molar-refractivity contribution is 5.98. The number of nitrogens with zero attached hydrogens (tertiary/aromatic N) is 2. The fourth-order valence-corrected chi connectivity index (χ4v) is 4.11. The average Bonchev–Trinajstić information content (AvgIpc) is 2.81. The van der Waals surface area contributed by atoms with Crippen molar-refractivity contribution in [3.05, 3.63) is 95.1 Å². The van der Waals surface area contributed by atoms with Crippen molar-refractivity contribution in [2.45, 2.75) is 33.2 Å². The van der Waals surface area contributed by atoms with Gasteiger partial charge in [0.2, 0.25) is 0 Å². The number of oxime groups is 1. The SMILES string of the molecule is CC(=O)C1CN(Cc2ccc(/C(C)=N\OCc3ccc(-c4ccccc4)c(C(F)(F)F)c3)cc2)C1. The van der Waals surface area contributed by atoms with Crippen molar-refractivity contribution >= 4 is 11.5 Å². The molecular formula is C28H27F3N2O2. The molecule has 0 bridgehead atoms. The van der Waals surface area contributed by atoms with Gasteiger partial charge in [-0.3, -0.25) is 9.69 Å². The maximum absolute atomic E-state index is 13.7. The average molecular weight is 481 g/mol. The van der Waals surface area contributed by atoms with Crippen molar-refractivity contribution in [3.8, 4) is 11.1 Å². The van der Waals surface area contributed by atoms with Crippen LogP contribution in [0.2, 0.25) is 0 Å². The highest BCUT2D eigenvalue weighted by Crippen LogP contribution is 2.37. The molecular weight excluding hydrogens is 453 g/mol. The summed E-state index contributed by atoms with van der Waals surface area (Å²) in [7, 11) is 0. The van der Waals surface area contributed by atoms with Gasteiger partial charge in [0.05, 0.1) is 11.3 Å². The molecule has 4 rings (SSSR count). The minimum Gasteiger partial charge on any atom is -0.391 e. The van der Waals surface area contributed by atoms with Crippen LogP contribution in [0.5, 0.6) is 0 Å². The monoisotopic (exact) mass is 480 g/mol. The second-order valence-corrected chi connectivity index (χ2v) is 8.89. The number of likely N-dealkylation sites (tertiary alicyclic amines) is 1. The molecule has 7 heteroatoms. The lowest BCUT2D eigenvalue weighted by molar-refractivity contribution is -0.137. The second kappa shape index (κ2) is 10.4. The van der Waals surface area contributed by atoms with E-state index < -0.39 is 11.7 Å². The lowest BCUT2D eigenvalue weighted by Gasteiger charge is -2.37. The highest BCUT2D eigenvalue weighted by Gasteiger charge is 2.34. The Bertz CT molecular complexity index is 1200. The van der Waals surface area contributed by atoms with Gasteiger partial charge in [-0.25, -0.2) is 0 Å². The molecule has 1 fully saturated rings. The second-order valence-electron chi connectivity index (χ2n) is 8.89. The summed E-state index contributed by atoms with van der Waals surface area (Å²) >= 11 is 0. The zero-order valence-electron chi connectivity index (χ0n) is 19.7. The minimum absolute atomic E-state index is 0.0696. The molecule has 0 spiro atoms. The highest BCUT2D eigenvalue weighted by atomic mass is 19.4. The number of Topliss-reactive ketones (excluding diaryl/α,β-unsaturated/α-hetero) is 1. The molecule has 1 heterocycles. The lowest BCUT2D eigenvalue weighted by atomic mass is 9.95. The minimum atomic E-state index is -4.48. The summed E-state index contributed by atoms with van der Waals surface area (Å²) in [5.41, 5.74) is 2.99. The molecule has 1 aliphatic heterocycles. The van der Waals surface area contributed by atoms with E-state index in [2.05, 4.69) is 10.1 Å². The summed E-state index contributed by atoms with van der Waals surface area (Å²) < 4.78 is 41.1. The molecule has 0 radical (unpaired) electrons. The molecule has 0 amide bonds. The van der Waals surface area contributed by atoms with Gasteiger partial charge in [0.15, 0.2) is 0 Å². The van der Waals surface area contributed by atoms with Crippen LogP contribution >= 0.6 is 0 Å². The fourth-order valence-electron chi connectivity index (χ4n) is 4.11. The molecule has 1 aliphatic rings. The number of carbonyl (C=O) groups excluding carboxylic acids is 1. The van der Waals surface area contributed by atoms with Crippen molar-refractivity contribution in [2.75, 3.05) is 13.1 Å². The van der Waals surface area contributed by atoms with Gasteiger partial charge in [-0.05, 0) is 47.7 Å².